The van der Waals surface area contributed by atoms with E-state index >= 15 is 0 Å². The number of carbonyl (C=O) groups excluding carboxylic acids is 1. The van der Waals surface area contributed by atoms with Crippen LogP contribution in [0.3, 0.4) is 0 Å². The van der Waals surface area contributed by atoms with Crippen LogP contribution in [0.2, 0.25) is 5.02 Å². The zero-order valence-corrected chi connectivity index (χ0v) is 20.2. The molecule has 0 bridgehead atoms. The van der Waals surface area contributed by atoms with Gasteiger partial charge >= 0.3 is 0 Å². The monoisotopic (exact) mass is 494 g/mol. The molecule has 172 valence electrons. The number of thioether (sulfide) groups is 1. The lowest BCUT2D eigenvalue weighted by Crippen LogP contribution is -2.43. The van der Waals surface area contributed by atoms with Gasteiger partial charge < -0.3 is 4.90 Å². The molecule has 3 fully saturated rings. The molecule has 5 rings (SSSR count). The number of aromatic nitrogens is 3. The van der Waals surface area contributed by atoms with Crippen LogP contribution in [0.15, 0.2) is 29.4 Å². The number of benzene rings is 1. The molecule has 3 aliphatic rings. The normalized spacial score (nSPS) is 23.0. The Hall–Kier alpha value is -1.58. The van der Waals surface area contributed by atoms with E-state index in [0.29, 0.717) is 17.5 Å². The minimum absolute atomic E-state index is 0.000125. The molecular weight excluding hydrogens is 468 g/mol. The van der Waals surface area contributed by atoms with Gasteiger partial charge in [-0.3, -0.25) is 9.36 Å². The second kappa shape index (κ2) is 8.99. The van der Waals surface area contributed by atoms with Gasteiger partial charge in [0, 0.05) is 23.7 Å². The van der Waals surface area contributed by atoms with Gasteiger partial charge in [0.25, 0.3) is 0 Å². The highest BCUT2D eigenvalue weighted by Gasteiger charge is 2.42. The number of amides is 1. The van der Waals surface area contributed by atoms with Crippen molar-refractivity contribution >= 4 is 39.1 Å². The largest absolute Gasteiger partial charge is 0.335 e. The number of hydrogen-bond donors (Lipinski definition) is 0. The Morgan fingerprint density at radius 2 is 1.84 bits per heavy atom. The van der Waals surface area contributed by atoms with E-state index in [1.54, 1.807) is 0 Å². The molecule has 1 unspecified atom stereocenters. The summed E-state index contributed by atoms with van der Waals surface area (Å²) in [6, 6.07) is 7.94. The number of sulfone groups is 1. The lowest BCUT2D eigenvalue weighted by Gasteiger charge is -2.28. The summed E-state index contributed by atoms with van der Waals surface area (Å²) < 4.78 is 26.1. The highest BCUT2D eigenvalue weighted by atomic mass is 35.5. The average molecular weight is 495 g/mol. The van der Waals surface area contributed by atoms with Crippen LogP contribution in [-0.4, -0.2) is 63.3 Å². The molecular formula is C22H27ClN4O3S2. The maximum atomic E-state index is 13.2. The van der Waals surface area contributed by atoms with Crippen LogP contribution in [0, 0.1) is 0 Å². The van der Waals surface area contributed by atoms with E-state index in [2.05, 4.69) is 14.8 Å². The molecule has 1 aromatic carbocycles. The van der Waals surface area contributed by atoms with Crippen LogP contribution in [0.5, 0.6) is 0 Å². The van der Waals surface area contributed by atoms with Gasteiger partial charge in [-0.2, -0.15) is 0 Å². The first-order valence-corrected chi connectivity index (χ1v) is 14.5. The fourth-order valence-corrected chi connectivity index (χ4v) is 7.75. The SMILES string of the molecule is O=C(CSc1nnc(-c2ccccc2Cl)n1C1CCCC1)N(C1CC1)C1CCS(=O)(=O)C1. The van der Waals surface area contributed by atoms with Gasteiger partial charge in [0.1, 0.15) is 0 Å². The van der Waals surface area contributed by atoms with Crippen LogP contribution < -0.4 is 0 Å². The molecule has 1 atom stereocenters. The maximum Gasteiger partial charge on any atom is 0.233 e. The highest BCUT2D eigenvalue weighted by molar-refractivity contribution is 7.99. The molecule has 10 heteroatoms. The van der Waals surface area contributed by atoms with Crippen molar-refractivity contribution in [2.75, 3.05) is 17.3 Å². The molecule has 2 heterocycles. The minimum atomic E-state index is -3.04. The summed E-state index contributed by atoms with van der Waals surface area (Å²) in [7, 11) is -3.04. The molecule has 2 aromatic rings. The summed E-state index contributed by atoms with van der Waals surface area (Å²) in [5.41, 5.74) is 0.850. The Morgan fingerprint density at radius 3 is 2.50 bits per heavy atom. The Morgan fingerprint density at radius 1 is 1.09 bits per heavy atom. The van der Waals surface area contributed by atoms with Crippen LogP contribution in [0.4, 0.5) is 0 Å². The molecule has 0 N–H and O–H groups in total. The second-order valence-corrected chi connectivity index (χ2v) is 12.6. The van der Waals surface area contributed by atoms with Crippen LogP contribution >= 0.6 is 23.4 Å². The number of rotatable bonds is 7. The molecule has 0 radical (unpaired) electrons. The van der Waals surface area contributed by atoms with Crippen molar-refractivity contribution in [3.63, 3.8) is 0 Å². The minimum Gasteiger partial charge on any atom is -0.335 e. The quantitative estimate of drug-likeness (QED) is 0.541. The maximum absolute atomic E-state index is 13.2. The fourth-order valence-electron chi connectivity index (χ4n) is 4.95. The molecule has 2 aliphatic carbocycles. The summed E-state index contributed by atoms with van der Waals surface area (Å²) in [6.45, 7) is 0. The van der Waals surface area contributed by atoms with Crippen molar-refractivity contribution in [3.05, 3.63) is 29.3 Å². The number of nitrogens with zero attached hydrogens (tertiary/aromatic N) is 4. The number of halogens is 1. The molecule has 1 amide bonds. The Labute approximate surface area is 197 Å². The average Bonchev–Trinajstić information content (AvgIpc) is 3.13. The highest BCUT2D eigenvalue weighted by Crippen LogP contribution is 2.39. The third kappa shape index (κ3) is 4.56. The zero-order valence-electron chi connectivity index (χ0n) is 17.8. The predicted octanol–water partition coefficient (Wildman–Crippen LogP) is 3.98. The summed E-state index contributed by atoms with van der Waals surface area (Å²) >= 11 is 7.86. The van der Waals surface area contributed by atoms with E-state index < -0.39 is 9.84 Å². The Bertz CT molecular complexity index is 1110. The summed E-state index contributed by atoms with van der Waals surface area (Å²) in [5, 5.41) is 10.3. The standard InChI is InChI=1S/C22H27ClN4O3S2/c23-19-8-4-3-7-18(19)21-24-25-22(27(21)15-5-1-2-6-15)31-13-20(28)26(16-9-10-16)17-11-12-32(29,30)14-17/h3-4,7-8,15-17H,1-2,5-6,9-14H2. The smallest absolute Gasteiger partial charge is 0.233 e. The van der Waals surface area contributed by atoms with Gasteiger partial charge in [-0.05, 0) is 44.2 Å². The molecule has 2 saturated carbocycles. The molecule has 7 nitrogen and oxygen atoms in total. The van der Waals surface area contributed by atoms with E-state index in [0.717, 1.165) is 42.2 Å². The zero-order chi connectivity index (χ0) is 22.3. The van der Waals surface area contributed by atoms with Crippen LogP contribution in [0.25, 0.3) is 11.4 Å². The fraction of sp³-hybridized carbons (Fsp3) is 0.591. The number of hydrogen-bond acceptors (Lipinski definition) is 6. The molecule has 1 aliphatic heterocycles. The second-order valence-electron chi connectivity index (χ2n) is 8.97. The van der Waals surface area contributed by atoms with Gasteiger partial charge in [0.05, 0.1) is 22.3 Å². The van der Waals surface area contributed by atoms with Crippen LogP contribution in [0.1, 0.15) is 51.0 Å². The lowest BCUT2D eigenvalue weighted by molar-refractivity contribution is -0.130. The first-order valence-electron chi connectivity index (χ1n) is 11.3. The Balaban J connectivity index is 1.37. The summed E-state index contributed by atoms with van der Waals surface area (Å²) in [6.07, 6.45) is 6.92. The topological polar surface area (TPSA) is 85.2 Å². The van der Waals surface area contributed by atoms with E-state index in [1.807, 2.05) is 29.2 Å². The first kappa shape index (κ1) is 22.2. The van der Waals surface area contributed by atoms with E-state index in [9.17, 15) is 13.2 Å². The first-order chi connectivity index (χ1) is 15.4. The van der Waals surface area contributed by atoms with Crippen LogP contribution in [-0.2, 0) is 14.6 Å². The molecule has 32 heavy (non-hydrogen) atoms. The third-order valence-electron chi connectivity index (χ3n) is 6.62. The lowest BCUT2D eigenvalue weighted by atomic mass is 10.2. The third-order valence-corrected chi connectivity index (χ3v) is 9.63. The van der Waals surface area contributed by atoms with Gasteiger partial charge in [0.2, 0.25) is 5.91 Å². The van der Waals surface area contributed by atoms with Crippen molar-refractivity contribution in [1.29, 1.82) is 0 Å². The summed E-state index contributed by atoms with van der Waals surface area (Å²) in [5.74, 6) is 1.26. The molecule has 1 aromatic heterocycles. The van der Waals surface area contributed by atoms with E-state index in [4.69, 9.17) is 11.6 Å². The van der Waals surface area contributed by atoms with Gasteiger partial charge in [-0.1, -0.05) is 48.3 Å². The van der Waals surface area contributed by atoms with Crippen molar-refractivity contribution in [3.8, 4) is 11.4 Å². The molecule has 0 spiro atoms. The van der Waals surface area contributed by atoms with Crippen molar-refractivity contribution in [2.24, 2.45) is 0 Å². The Kier molecular flexibility index (Phi) is 6.24. The van der Waals surface area contributed by atoms with Gasteiger partial charge in [-0.25, -0.2) is 8.42 Å². The van der Waals surface area contributed by atoms with Crippen molar-refractivity contribution in [2.45, 2.75) is 68.2 Å². The van der Waals surface area contributed by atoms with E-state index in [-0.39, 0.29) is 35.2 Å². The van der Waals surface area contributed by atoms with Gasteiger partial charge in [-0.15, -0.1) is 10.2 Å². The number of carbonyl (C=O) groups is 1. The van der Waals surface area contributed by atoms with E-state index in [1.165, 1.54) is 24.6 Å². The molecule has 1 saturated heterocycles. The van der Waals surface area contributed by atoms with Gasteiger partial charge in [0.15, 0.2) is 20.8 Å². The van der Waals surface area contributed by atoms with Crippen molar-refractivity contribution in [1.82, 2.24) is 19.7 Å². The predicted molar refractivity (Wildman–Crippen MR) is 126 cm³/mol. The van der Waals surface area contributed by atoms with Crippen molar-refractivity contribution < 1.29 is 13.2 Å². The summed E-state index contributed by atoms with van der Waals surface area (Å²) in [4.78, 5) is 15.0.